The fraction of sp³-hybridized carbons (Fsp3) is 0.250. The van der Waals surface area contributed by atoms with Gasteiger partial charge in [-0.05, 0) is 43.4 Å². The van der Waals surface area contributed by atoms with Crippen LogP contribution in [0.15, 0.2) is 75.5 Å². The van der Waals surface area contributed by atoms with E-state index >= 15 is 0 Å². The van der Waals surface area contributed by atoms with Crippen molar-refractivity contribution < 1.29 is 9.72 Å². The predicted molar refractivity (Wildman–Crippen MR) is 144 cm³/mol. The summed E-state index contributed by atoms with van der Waals surface area (Å²) in [5.74, 6) is 0.445. The number of hydrogen-bond acceptors (Lipinski definition) is 9. The third kappa shape index (κ3) is 6.27. The first-order valence-corrected chi connectivity index (χ1v) is 12.0. The van der Waals surface area contributed by atoms with E-state index in [0.717, 1.165) is 21.4 Å². The van der Waals surface area contributed by atoms with E-state index in [1.807, 2.05) is 54.4 Å². The molecule has 2 aromatic carbocycles. The Labute approximate surface area is 217 Å². The summed E-state index contributed by atoms with van der Waals surface area (Å²) in [7, 11) is 3.59. The molecule has 2 aromatic rings. The average molecular weight is 555 g/mol. The molecule has 0 radical (unpaired) electrons. The van der Waals surface area contributed by atoms with Gasteiger partial charge in [-0.25, -0.2) is 10.4 Å². The molecule has 11 nitrogen and oxygen atoms in total. The molecule has 1 amide bonds. The molecule has 188 valence electrons. The van der Waals surface area contributed by atoms with Gasteiger partial charge in [-0.15, -0.1) is 0 Å². The minimum absolute atomic E-state index is 0.158. The number of nitro groups is 1. The number of halogens is 1. The molecule has 4 N–H and O–H groups in total. The maximum Gasteiger partial charge on any atom is 0.283 e. The molecule has 0 atom stereocenters. The van der Waals surface area contributed by atoms with Crippen molar-refractivity contribution in [3.63, 3.8) is 0 Å². The number of rotatable bonds is 8. The minimum Gasteiger partial charge on any atom is -0.366 e. The van der Waals surface area contributed by atoms with Crippen LogP contribution in [0.25, 0.3) is 0 Å². The average Bonchev–Trinajstić information content (AvgIpc) is 3.19. The summed E-state index contributed by atoms with van der Waals surface area (Å²) < 4.78 is 0.961. The highest BCUT2D eigenvalue weighted by atomic mass is 79.9. The van der Waals surface area contributed by atoms with Gasteiger partial charge in [-0.1, -0.05) is 28.1 Å². The third-order valence-corrected chi connectivity index (χ3v) is 6.18. The topological polar surface area (TPSA) is 127 Å². The molecule has 2 aliphatic heterocycles. The number of aliphatic imine (C=N–C) groups is 1. The predicted octanol–water partition coefficient (Wildman–Crippen LogP) is 3.06. The Bertz CT molecular complexity index is 1260. The number of carbonyl (C=O) groups is 1. The normalized spacial score (nSPS) is 15.1. The summed E-state index contributed by atoms with van der Waals surface area (Å²) in [5, 5.41) is 22.3. The van der Waals surface area contributed by atoms with E-state index in [0.29, 0.717) is 37.0 Å². The van der Waals surface area contributed by atoms with Gasteiger partial charge < -0.3 is 21.0 Å². The number of amidine groups is 1. The first-order chi connectivity index (χ1) is 17.3. The number of hydrazine groups is 1. The Balaban J connectivity index is 1.36. The molecule has 0 unspecified atom stereocenters. The second kappa shape index (κ2) is 11.3. The van der Waals surface area contributed by atoms with Crippen LogP contribution in [0.5, 0.6) is 0 Å². The van der Waals surface area contributed by atoms with Gasteiger partial charge >= 0.3 is 0 Å². The summed E-state index contributed by atoms with van der Waals surface area (Å²) in [4.78, 5) is 29.8. The Morgan fingerprint density at radius 3 is 2.92 bits per heavy atom. The lowest BCUT2D eigenvalue weighted by atomic mass is 10.1. The van der Waals surface area contributed by atoms with Crippen molar-refractivity contribution in [3.8, 4) is 0 Å². The van der Waals surface area contributed by atoms with Crippen LogP contribution in [0, 0.1) is 10.1 Å². The van der Waals surface area contributed by atoms with Crippen LogP contribution in [0.2, 0.25) is 0 Å². The van der Waals surface area contributed by atoms with Crippen LogP contribution in [0.3, 0.4) is 0 Å². The molecule has 12 heteroatoms. The summed E-state index contributed by atoms with van der Waals surface area (Å²) in [6, 6.07) is 13.4. The smallest absolute Gasteiger partial charge is 0.283 e. The second-order valence-corrected chi connectivity index (χ2v) is 9.29. The molecule has 0 aromatic heterocycles. The molecule has 0 saturated carbocycles. The standard InChI is InChI=1S/C24H27BrN8O3/c1-31(14-22-21(33(35)36)13-28-32(22)2)10-4-7-23(34)29-18-8-9-20-19(12-18)24(27-15-26-20)30-17-6-3-5-16(25)11-17/h3-9,11-12,26,28H,10,13-15H2,1-2H3,(H,27,30)(H,29,34)/b7-4+. The van der Waals surface area contributed by atoms with Gasteiger partial charge in [0.05, 0.1) is 4.92 Å². The van der Waals surface area contributed by atoms with Crippen LogP contribution in [-0.4, -0.2) is 67.0 Å². The quantitative estimate of drug-likeness (QED) is 0.223. The molecule has 0 bridgehead atoms. The van der Waals surface area contributed by atoms with Gasteiger partial charge in [-0.3, -0.25) is 19.8 Å². The number of carbonyl (C=O) groups excluding carboxylic acids is 1. The summed E-state index contributed by atoms with van der Waals surface area (Å²) in [5.41, 5.74) is 7.02. The van der Waals surface area contributed by atoms with Crippen molar-refractivity contribution in [2.45, 2.75) is 0 Å². The maximum atomic E-state index is 12.5. The van der Waals surface area contributed by atoms with Crippen LogP contribution in [0.1, 0.15) is 5.56 Å². The van der Waals surface area contributed by atoms with Crippen LogP contribution in [-0.2, 0) is 4.79 Å². The van der Waals surface area contributed by atoms with Crippen LogP contribution in [0.4, 0.5) is 17.1 Å². The summed E-state index contributed by atoms with van der Waals surface area (Å²) in [6.45, 7) is 1.50. The number of benzene rings is 2. The van der Waals surface area contributed by atoms with Crippen molar-refractivity contribution in [1.82, 2.24) is 15.3 Å². The van der Waals surface area contributed by atoms with Crippen LogP contribution >= 0.6 is 15.9 Å². The molecule has 2 aliphatic rings. The molecule has 0 aliphatic carbocycles. The van der Waals surface area contributed by atoms with Crippen molar-refractivity contribution in [3.05, 3.63) is 86.2 Å². The fourth-order valence-corrected chi connectivity index (χ4v) is 4.27. The zero-order valence-corrected chi connectivity index (χ0v) is 21.5. The van der Waals surface area contributed by atoms with Crippen molar-refractivity contribution in [2.24, 2.45) is 4.99 Å². The van der Waals surface area contributed by atoms with Gasteiger partial charge in [0.1, 0.15) is 24.7 Å². The lowest BCUT2D eigenvalue weighted by molar-refractivity contribution is -0.426. The molecule has 36 heavy (non-hydrogen) atoms. The highest BCUT2D eigenvalue weighted by Gasteiger charge is 2.28. The van der Waals surface area contributed by atoms with E-state index < -0.39 is 0 Å². The van der Waals surface area contributed by atoms with Gasteiger partial charge in [0, 0.05) is 53.3 Å². The monoisotopic (exact) mass is 554 g/mol. The molecule has 0 spiro atoms. The SMILES string of the molecule is CN(C/C=C/C(=O)Nc1ccc2c(c1)C(Nc1cccc(Br)c1)=NCN2)CC1=C([N+](=O)[O-])CNN1C. The molecular weight excluding hydrogens is 528 g/mol. The Kier molecular flexibility index (Phi) is 7.98. The Morgan fingerprint density at radius 1 is 1.31 bits per heavy atom. The zero-order valence-electron chi connectivity index (χ0n) is 19.9. The van der Waals surface area contributed by atoms with Gasteiger partial charge in [-0.2, -0.15) is 0 Å². The number of hydrogen-bond donors (Lipinski definition) is 4. The summed E-state index contributed by atoms with van der Waals surface area (Å²) in [6.07, 6.45) is 3.19. The zero-order chi connectivity index (χ0) is 25.7. The first kappa shape index (κ1) is 25.4. The van der Waals surface area contributed by atoms with Crippen molar-refractivity contribution in [2.75, 3.05) is 56.3 Å². The highest BCUT2D eigenvalue weighted by molar-refractivity contribution is 9.10. The molecular formula is C24H27BrN8O3. The number of nitrogens with one attached hydrogen (secondary N) is 4. The van der Waals surface area contributed by atoms with E-state index in [9.17, 15) is 14.9 Å². The Morgan fingerprint density at radius 2 is 2.14 bits per heavy atom. The summed E-state index contributed by atoms with van der Waals surface area (Å²) >= 11 is 3.48. The first-order valence-electron chi connectivity index (χ1n) is 11.2. The largest absolute Gasteiger partial charge is 0.366 e. The number of anilines is 3. The van der Waals surface area contributed by atoms with Crippen LogP contribution < -0.4 is 21.4 Å². The van der Waals surface area contributed by atoms with Crippen molar-refractivity contribution >= 4 is 44.7 Å². The van der Waals surface area contributed by atoms with E-state index in [-0.39, 0.29) is 23.1 Å². The number of fused-ring (bicyclic) bond motifs is 1. The maximum absolute atomic E-state index is 12.5. The van der Waals surface area contributed by atoms with E-state index in [1.165, 1.54) is 6.08 Å². The lowest BCUT2D eigenvalue weighted by Gasteiger charge is -2.21. The fourth-order valence-electron chi connectivity index (χ4n) is 3.87. The van der Waals surface area contributed by atoms with E-state index in [1.54, 1.807) is 18.1 Å². The molecule has 0 fully saturated rings. The number of amides is 1. The Hall–Kier alpha value is -3.74. The molecule has 2 heterocycles. The van der Waals surface area contributed by atoms with Gasteiger partial charge in [0.25, 0.3) is 5.70 Å². The van der Waals surface area contributed by atoms with Gasteiger partial charge in [0.15, 0.2) is 0 Å². The minimum atomic E-state index is -0.360. The number of likely N-dealkylation sites (N-methyl/N-ethyl adjacent to an activating group) is 2. The van der Waals surface area contributed by atoms with E-state index in [2.05, 4.69) is 42.3 Å². The second-order valence-electron chi connectivity index (χ2n) is 8.37. The highest BCUT2D eigenvalue weighted by Crippen LogP contribution is 2.26. The van der Waals surface area contributed by atoms with Gasteiger partial charge in [0.2, 0.25) is 5.91 Å². The molecule has 0 saturated heterocycles. The number of nitrogens with zero attached hydrogens (tertiary/aromatic N) is 4. The van der Waals surface area contributed by atoms with Crippen molar-refractivity contribution in [1.29, 1.82) is 0 Å². The molecule has 4 rings (SSSR count). The van der Waals surface area contributed by atoms with E-state index in [4.69, 9.17) is 0 Å². The lowest BCUT2D eigenvalue weighted by Crippen LogP contribution is -2.32. The third-order valence-electron chi connectivity index (χ3n) is 5.68.